The van der Waals surface area contributed by atoms with E-state index in [2.05, 4.69) is 16.2 Å². The number of hydrazine groups is 1. The van der Waals surface area contributed by atoms with Gasteiger partial charge in [-0.2, -0.15) is 0 Å². The number of primary amides is 1. The molecule has 1 rings (SSSR count). The number of amides is 4. The van der Waals surface area contributed by atoms with Crippen molar-refractivity contribution in [2.75, 3.05) is 5.75 Å². The molecule has 0 aliphatic rings. The van der Waals surface area contributed by atoms with E-state index in [1.54, 1.807) is 31.2 Å². The molecule has 0 heterocycles. The number of carbonyl (C=O) groups is 3. The van der Waals surface area contributed by atoms with E-state index < -0.39 is 18.0 Å². The first kappa shape index (κ1) is 20.1. The summed E-state index contributed by atoms with van der Waals surface area (Å²) in [5, 5.41) is 2.99. The summed E-state index contributed by atoms with van der Waals surface area (Å²) in [6, 6.07) is 5.46. The van der Waals surface area contributed by atoms with Gasteiger partial charge >= 0.3 is 6.03 Å². The monoisotopic (exact) mass is 372 g/mol. The number of urea groups is 1. The molecule has 0 aliphatic heterocycles. The van der Waals surface area contributed by atoms with Gasteiger partial charge in [0.15, 0.2) is 0 Å². The third-order valence-corrected chi connectivity index (χ3v) is 4.57. The molecule has 0 saturated heterocycles. The van der Waals surface area contributed by atoms with Crippen LogP contribution in [0.3, 0.4) is 0 Å². The van der Waals surface area contributed by atoms with Gasteiger partial charge in [0.2, 0.25) is 5.91 Å². The number of carbonyl (C=O) groups excluding carboxylic acids is 3. The van der Waals surface area contributed by atoms with Crippen LogP contribution in [0.4, 0.5) is 4.79 Å². The predicted molar refractivity (Wildman–Crippen MR) is 94.4 cm³/mol. The Morgan fingerprint density at radius 2 is 1.83 bits per heavy atom. The summed E-state index contributed by atoms with van der Waals surface area (Å²) in [6.07, 6.45) is 0.665. The molecule has 0 fully saturated rings. The highest BCUT2D eigenvalue weighted by Crippen LogP contribution is 2.19. The van der Waals surface area contributed by atoms with Crippen LogP contribution in [-0.2, 0) is 9.59 Å². The fourth-order valence-corrected chi connectivity index (χ4v) is 2.60. The van der Waals surface area contributed by atoms with Gasteiger partial charge in [0.25, 0.3) is 5.91 Å². The predicted octanol–water partition coefficient (Wildman–Crippen LogP) is 1.66. The molecule has 5 N–H and O–H groups in total. The van der Waals surface area contributed by atoms with Crippen LogP contribution in [0.25, 0.3) is 0 Å². The average molecular weight is 373 g/mol. The molecule has 2 atom stereocenters. The fourth-order valence-electron chi connectivity index (χ4n) is 1.78. The second-order valence-corrected chi connectivity index (χ2v) is 6.64. The van der Waals surface area contributed by atoms with Crippen molar-refractivity contribution in [3.8, 4) is 0 Å². The highest BCUT2D eigenvalue weighted by molar-refractivity contribution is 8.00. The summed E-state index contributed by atoms with van der Waals surface area (Å²) in [6.45, 7) is 3.69. The SMILES string of the molecule is CC[C@H](C)[C@H](NC(N)=O)C(=O)NNC(=O)CSc1ccc(Cl)cc1. The molecule has 0 spiro atoms. The molecular weight excluding hydrogens is 352 g/mol. The van der Waals surface area contributed by atoms with Crippen LogP contribution in [0, 0.1) is 5.92 Å². The number of halogens is 1. The van der Waals surface area contributed by atoms with Crippen molar-refractivity contribution in [2.45, 2.75) is 31.2 Å². The van der Waals surface area contributed by atoms with Crippen molar-refractivity contribution in [3.05, 3.63) is 29.3 Å². The summed E-state index contributed by atoms with van der Waals surface area (Å²) < 4.78 is 0. The lowest BCUT2D eigenvalue weighted by Crippen LogP contribution is -2.55. The summed E-state index contributed by atoms with van der Waals surface area (Å²) in [5.41, 5.74) is 9.70. The van der Waals surface area contributed by atoms with Crippen molar-refractivity contribution in [2.24, 2.45) is 11.7 Å². The quantitative estimate of drug-likeness (QED) is 0.430. The van der Waals surface area contributed by atoms with Gasteiger partial charge in [-0.05, 0) is 30.2 Å². The van der Waals surface area contributed by atoms with Gasteiger partial charge < -0.3 is 11.1 Å². The largest absolute Gasteiger partial charge is 0.352 e. The average Bonchev–Trinajstić information content (AvgIpc) is 2.56. The van der Waals surface area contributed by atoms with Gasteiger partial charge in [-0.1, -0.05) is 31.9 Å². The van der Waals surface area contributed by atoms with E-state index in [-0.39, 0.29) is 17.6 Å². The second-order valence-electron chi connectivity index (χ2n) is 5.15. The standard InChI is InChI=1S/C15H21ClN4O3S/c1-3-9(2)13(18-15(17)23)14(22)20-19-12(21)8-24-11-6-4-10(16)5-7-11/h4-7,9,13H,3,8H2,1-2H3,(H,19,21)(H,20,22)(H3,17,18,23)/t9-,13-/m0/s1. The third-order valence-electron chi connectivity index (χ3n) is 3.30. The Labute approximate surface area is 150 Å². The maximum atomic E-state index is 12.1. The lowest BCUT2D eigenvalue weighted by atomic mass is 9.99. The van der Waals surface area contributed by atoms with Crippen molar-refractivity contribution in [3.63, 3.8) is 0 Å². The highest BCUT2D eigenvalue weighted by atomic mass is 35.5. The van der Waals surface area contributed by atoms with Crippen LogP contribution in [0.2, 0.25) is 5.02 Å². The zero-order chi connectivity index (χ0) is 18.1. The fraction of sp³-hybridized carbons (Fsp3) is 0.400. The van der Waals surface area contributed by atoms with Gasteiger partial charge in [0.1, 0.15) is 6.04 Å². The lowest BCUT2D eigenvalue weighted by Gasteiger charge is -2.22. The number of hydrogen-bond acceptors (Lipinski definition) is 4. The van der Waals surface area contributed by atoms with E-state index in [1.165, 1.54) is 11.8 Å². The van der Waals surface area contributed by atoms with Crippen molar-refractivity contribution < 1.29 is 14.4 Å². The van der Waals surface area contributed by atoms with Crippen LogP contribution in [0.1, 0.15) is 20.3 Å². The van der Waals surface area contributed by atoms with E-state index in [0.717, 1.165) is 4.90 Å². The smallest absolute Gasteiger partial charge is 0.312 e. The van der Waals surface area contributed by atoms with Gasteiger partial charge in [-0.25, -0.2) is 4.79 Å². The van der Waals surface area contributed by atoms with E-state index in [0.29, 0.717) is 11.4 Å². The first-order chi connectivity index (χ1) is 11.3. The Bertz CT molecular complexity index is 583. The Morgan fingerprint density at radius 3 is 2.38 bits per heavy atom. The zero-order valence-electron chi connectivity index (χ0n) is 13.5. The van der Waals surface area contributed by atoms with Crippen molar-refractivity contribution >= 4 is 41.2 Å². The number of thioether (sulfide) groups is 1. The molecule has 0 aromatic heterocycles. The van der Waals surface area contributed by atoms with Crippen LogP contribution >= 0.6 is 23.4 Å². The number of nitrogens with one attached hydrogen (secondary N) is 3. The molecular formula is C15H21ClN4O3S. The Balaban J connectivity index is 2.44. The van der Waals surface area contributed by atoms with Crippen LogP contribution in [-0.4, -0.2) is 29.6 Å². The van der Waals surface area contributed by atoms with Gasteiger partial charge in [-0.3, -0.25) is 20.4 Å². The molecule has 1 aromatic rings. The highest BCUT2D eigenvalue weighted by Gasteiger charge is 2.25. The van der Waals surface area contributed by atoms with Crippen LogP contribution in [0.15, 0.2) is 29.2 Å². The lowest BCUT2D eigenvalue weighted by molar-refractivity contribution is -0.129. The Morgan fingerprint density at radius 1 is 1.21 bits per heavy atom. The minimum absolute atomic E-state index is 0.124. The van der Waals surface area contributed by atoms with Crippen LogP contribution < -0.4 is 21.9 Å². The van der Waals surface area contributed by atoms with Gasteiger partial charge in [0, 0.05) is 9.92 Å². The Kier molecular flexibility index (Phi) is 8.42. The summed E-state index contributed by atoms with van der Waals surface area (Å²) in [5.74, 6) is -0.893. The van der Waals surface area contributed by atoms with Crippen molar-refractivity contribution in [1.82, 2.24) is 16.2 Å². The Hall–Kier alpha value is -1.93. The molecule has 0 aliphatic carbocycles. The van der Waals surface area contributed by atoms with Crippen LogP contribution in [0.5, 0.6) is 0 Å². The van der Waals surface area contributed by atoms with E-state index in [4.69, 9.17) is 17.3 Å². The molecule has 0 saturated carbocycles. The van der Waals surface area contributed by atoms with Gasteiger partial charge in [0.05, 0.1) is 5.75 Å². The van der Waals surface area contributed by atoms with E-state index in [9.17, 15) is 14.4 Å². The van der Waals surface area contributed by atoms with Gasteiger partial charge in [-0.15, -0.1) is 11.8 Å². The minimum atomic E-state index is -0.809. The second kappa shape index (κ2) is 10.0. The van der Waals surface area contributed by atoms with E-state index in [1.807, 2.05) is 6.92 Å². The molecule has 24 heavy (non-hydrogen) atoms. The molecule has 4 amide bonds. The number of nitrogens with two attached hydrogens (primary N) is 1. The third kappa shape index (κ3) is 7.10. The molecule has 0 radical (unpaired) electrons. The topological polar surface area (TPSA) is 113 Å². The summed E-state index contributed by atoms with van der Waals surface area (Å²) in [4.78, 5) is 35.7. The summed E-state index contributed by atoms with van der Waals surface area (Å²) in [7, 11) is 0. The molecule has 9 heteroatoms. The summed E-state index contributed by atoms with van der Waals surface area (Å²) >= 11 is 7.09. The first-order valence-electron chi connectivity index (χ1n) is 7.36. The maximum Gasteiger partial charge on any atom is 0.312 e. The van der Waals surface area contributed by atoms with E-state index >= 15 is 0 Å². The normalized spacial score (nSPS) is 12.8. The van der Waals surface area contributed by atoms with Crippen molar-refractivity contribution in [1.29, 1.82) is 0 Å². The molecule has 0 unspecified atom stereocenters. The molecule has 7 nitrogen and oxygen atoms in total. The molecule has 1 aromatic carbocycles. The minimum Gasteiger partial charge on any atom is -0.352 e. The first-order valence-corrected chi connectivity index (χ1v) is 8.72. The number of hydrogen-bond donors (Lipinski definition) is 4. The number of rotatable bonds is 7. The zero-order valence-corrected chi connectivity index (χ0v) is 15.0. The molecule has 0 bridgehead atoms. The molecule has 132 valence electrons. The maximum absolute atomic E-state index is 12.1. The number of benzene rings is 1.